The van der Waals surface area contributed by atoms with Crippen molar-refractivity contribution in [1.82, 2.24) is 52.8 Å². The third kappa shape index (κ3) is 23.4. The van der Waals surface area contributed by atoms with Crippen LogP contribution in [0.5, 0.6) is 0 Å². The Morgan fingerprint density at radius 3 is 1.66 bits per heavy atom. The Labute approximate surface area is 465 Å². The van der Waals surface area contributed by atoms with E-state index < -0.39 is 163 Å². The number of rotatable bonds is 36. The van der Waals surface area contributed by atoms with E-state index in [1.165, 1.54) is 6.92 Å². The number of unbranched alkanes of at least 4 members (excludes halogenated alkanes) is 1. The lowest BCUT2D eigenvalue weighted by Gasteiger charge is -2.28. The molecule has 20 N–H and O–H groups in total. The van der Waals surface area contributed by atoms with E-state index in [4.69, 9.17) is 17.2 Å². The van der Waals surface area contributed by atoms with Crippen LogP contribution in [0.25, 0.3) is 10.9 Å². The smallest absolute Gasteiger partial charge is 0.327 e. The first-order valence-electron chi connectivity index (χ1n) is 25.1. The second-order valence-electron chi connectivity index (χ2n) is 19.0. The first-order valence-corrected chi connectivity index (χ1v) is 26.4. The average molecular weight is 1150 g/mol. The first-order chi connectivity index (χ1) is 37.1. The highest BCUT2D eigenvalue weighted by molar-refractivity contribution is 7.80. The number of fused-ring (bicyclic) bond motifs is 1. The van der Waals surface area contributed by atoms with Crippen LogP contribution in [-0.4, -0.2) is 188 Å². The Morgan fingerprint density at radius 2 is 1.13 bits per heavy atom. The molecule has 0 fully saturated rings. The molecule has 1 aromatic carbocycles. The molecule has 0 radical (unpaired) electrons. The summed E-state index contributed by atoms with van der Waals surface area (Å²) in [6.07, 6.45) is -3.41. The predicted molar refractivity (Wildman–Crippen MR) is 290 cm³/mol. The van der Waals surface area contributed by atoms with Crippen molar-refractivity contribution >= 4 is 107 Å². The van der Waals surface area contributed by atoms with Gasteiger partial charge in [0, 0.05) is 41.4 Å². The van der Waals surface area contributed by atoms with Gasteiger partial charge in [-0.05, 0) is 70.0 Å². The molecule has 440 valence electrons. The molecule has 0 spiro atoms. The number of carbonyl (C=O) groups is 12. The van der Waals surface area contributed by atoms with Crippen LogP contribution in [0.2, 0.25) is 0 Å². The van der Waals surface area contributed by atoms with Gasteiger partial charge in [0.05, 0.1) is 31.2 Å². The molecule has 2 rings (SSSR count). The SMILES string of the molecule is CC(C)C[C@H](NC(=O)[C@H](CCCCN)NC(=O)[C@H](CC(N)=O)NC(=O)CNC(=O)[C@H](CCC(=O)O)NC(=O)[C@H](Cc1c[nH]c2ccccc12)NC(=O)[C@@H](NC(=O)[C@@H](N)CS)[C@@H](C)O)C(=O)N[C@H](C(=O)N[C@@H](CS)C(=O)O)[C@@H](C)O. The van der Waals surface area contributed by atoms with Crippen LogP contribution in [0.3, 0.4) is 0 Å². The van der Waals surface area contributed by atoms with Crippen molar-refractivity contribution in [2.24, 2.45) is 23.1 Å². The summed E-state index contributed by atoms with van der Waals surface area (Å²) in [5.41, 5.74) is 18.0. The fourth-order valence-corrected chi connectivity index (χ4v) is 8.02. The zero-order valence-electron chi connectivity index (χ0n) is 44.1. The topological polar surface area (TPSA) is 488 Å². The number of aliphatic carboxylic acids is 2. The zero-order chi connectivity index (χ0) is 59.7. The third-order valence-corrected chi connectivity index (χ3v) is 12.6. The number of aromatic nitrogens is 1. The summed E-state index contributed by atoms with van der Waals surface area (Å²) >= 11 is 7.87. The summed E-state index contributed by atoms with van der Waals surface area (Å²) in [6, 6.07) is -6.96. The molecular formula is C48H75N13O16S2. The molecule has 2 aromatic rings. The minimum atomic E-state index is -1.79. The lowest BCUT2D eigenvalue weighted by molar-refractivity contribution is -0.142. The molecule has 0 bridgehead atoms. The van der Waals surface area contributed by atoms with Crippen LogP contribution in [-0.2, 0) is 64.0 Å². The normalized spacial score (nSPS) is 15.4. The van der Waals surface area contributed by atoms with Gasteiger partial charge in [-0.25, -0.2) is 4.79 Å². The number of primary amides is 1. The zero-order valence-corrected chi connectivity index (χ0v) is 45.9. The Morgan fingerprint density at radius 1 is 0.608 bits per heavy atom. The molecule has 0 aliphatic carbocycles. The van der Waals surface area contributed by atoms with Crippen molar-refractivity contribution < 1.29 is 78.0 Å². The van der Waals surface area contributed by atoms with Crippen molar-refractivity contribution in [3.63, 3.8) is 0 Å². The maximum Gasteiger partial charge on any atom is 0.327 e. The molecule has 11 atom stereocenters. The molecule has 0 aliphatic rings. The number of para-hydroxylation sites is 1. The van der Waals surface area contributed by atoms with E-state index in [1.54, 1.807) is 44.3 Å². The Bertz CT molecular complexity index is 2460. The van der Waals surface area contributed by atoms with E-state index in [-0.39, 0.29) is 49.7 Å². The van der Waals surface area contributed by atoms with Gasteiger partial charge in [-0.3, -0.25) is 52.7 Å². The van der Waals surface area contributed by atoms with Crippen LogP contribution < -0.4 is 65.1 Å². The number of aromatic amines is 1. The number of carboxylic acid groups (broad SMARTS) is 2. The second kappa shape index (κ2) is 34.1. The highest BCUT2D eigenvalue weighted by Crippen LogP contribution is 2.20. The largest absolute Gasteiger partial charge is 0.481 e. The van der Waals surface area contributed by atoms with Crippen molar-refractivity contribution in [2.45, 2.75) is 146 Å². The van der Waals surface area contributed by atoms with Gasteiger partial charge in [0.2, 0.25) is 59.1 Å². The summed E-state index contributed by atoms with van der Waals surface area (Å²) in [7, 11) is 0. The molecule has 0 saturated heterocycles. The average Bonchev–Trinajstić information content (AvgIpc) is 3.80. The molecule has 0 aliphatic heterocycles. The van der Waals surface area contributed by atoms with Gasteiger partial charge in [-0.2, -0.15) is 25.3 Å². The molecular weight excluding hydrogens is 1080 g/mol. The van der Waals surface area contributed by atoms with Gasteiger partial charge >= 0.3 is 11.9 Å². The Hall–Kier alpha value is -7.06. The second-order valence-corrected chi connectivity index (χ2v) is 19.7. The summed E-state index contributed by atoms with van der Waals surface area (Å²) < 4.78 is 0. The number of hydrogen-bond donors (Lipinski definition) is 19. The number of nitrogens with two attached hydrogens (primary N) is 3. The number of H-pyrrole nitrogens is 1. The quantitative estimate of drug-likeness (QED) is 0.0224. The standard InChI is InChI=1S/C48H75N13O16S2/c1-22(2)15-31(45(73)61-39(24(4)63)47(75)59-34(21-79)48(76)77)57-42(70)29(11-7-8-14-49)55-44(72)33(17-35(51)64)54-36(65)19-53-41(69)30(12-13-37(66)67)56-43(71)32(16-25-18-52-28-10-6-5-9-26(25)28)58-46(74)38(23(3)62)60-40(68)27(50)20-78/h5-6,9-10,18,22-24,27,29-34,38-39,52,62-63,78-79H,7-8,11-17,19-21,49-50H2,1-4H3,(H2,51,64)(H,53,69)(H,54,65)(H,55,72)(H,56,71)(H,57,70)(H,58,74)(H,59,75)(H,60,68)(H,61,73)(H,66,67)(H,76,77)/t23-,24-,27+,29+,30+,31+,32+,33+,34+,38+,39+/m1/s1. The first kappa shape index (κ1) is 68.0. The number of amides is 10. The monoisotopic (exact) mass is 1150 g/mol. The Balaban J connectivity index is 2.37. The number of thiol groups is 2. The fraction of sp³-hybridized carbons (Fsp3) is 0.583. The number of benzene rings is 1. The lowest BCUT2D eigenvalue weighted by atomic mass is 10.0. The van der Waals surface area contributed by atoms with Gasteiger partial charge in [0.15, 0.2) is 0 Å². The minimum absolute atomic E-state index is 0.0445. The number of aliphatic hydroxyl groups excluding tert-OH is 2. The number of nitrogens with one attached hydrogen (secondary N) is 10. The van der Waals surface area contributed by atoms with E-state index >= 15 is 0 Å². The van der Waals surface area contributed by atoms with E-state index in [0.717, 1.165) is 6.92 Å². The van der Waals surface area contributed by atoms with Crippen LogP contribution in [0.15, 0.2) is 30.5 Å². The van der Waals surface area contributed by atoms with E-state index in [9.17, 15) is 78.0 Å². The number of carbonyl (C=O) groups excluding carboxylic acids is 10. The summed E-state index contributed by atoms with van der Waals surface area (Å²) in [4.78, 5) is 160. The number of hydrogen-bond acceptors (Lipinski definition) is 18. The van der Waals surface area contributed by atoms with E-state index in [0.29, 0.717) is 22.9 Å². The van der Waals surface area contributed by atoms with Crippen LogP contribution in [0.4, 0.5) is 0 Å². The summed E-state index contributed by atoms with van der Waals surface area (Å²) in [5, 5.41) is 61.5. The molecule has 79 heavy (non-hydrogen) atoms. The molecule has 1 heterocycles. The highest BCUT2D eigenvalue weighted by Gasteiger charge is 2.36. The van der Waals surface area contributed by atoms with Crippen molar-refractivity contribution in [2.75, 3.05) is 24.6 Å². The predicted octanol–water partition coefficient (Wildman–Crippen LogP) is -5.35. The molecule has 29 nitrogen and oxygen atoms in total. The maximum absolute atomic E-state index is 14.1. The minimum Gasteiger partial charge on any atom is -0.481 e. The van der Waals surface area contributed by atoms with Gasteiger partial charge in [-0.15, -0.1) is 0 Å². The number of aliphatic hydroxyl groups is 2. The number of carboxylic acids is 2. The van der Waals surface area contributed by atoms with Gasteiger partial charge in [-0.1, -0.05) is 32.0 Å². The maximum atomic E-state index is 14.1. The van der Waals surface area contributed by atoms with E-state index in [1.807, 2.05) is 0 Å². The van der Waals surface area contributed by atoms with Crippen molar-refractivity contribution in [1.29, 1.82) is 0 Å². The summed E-state index contributed by atoms with van der Waals surface area (Å²) in [6.45, 7) is 4.99. The highest BCUT2D eigenvalue weighted by atomic mass is 32.1. The molecule has 31 heteroatoms. The van der Waals surface area contributed by atoms with Crippen molar-refractivity contribution in [3.8, 4) is 0 Å². The van der Waals surface area contributed by atoms with Gasteiger partial charge < -0.3 is 90.5 Å². The third-order valence-electron chi connectivity index (χ3n) is 11.9. The van der Waals surface area contributed by atoms with Crippen LogP contribution >= 0.6 is 25.3 Å². The van der Waals surface area contributed by atoms with E-state index in [2.05, 4.69) is 78.1 Å². The van der Waals surface area contributed by atoms with Crippen LogP contribution in [0, 0.1) is 5.92 Å². The fourth-order valence-electron chi connectivity index (χ4n) is 7.61. The summed E-state index contributed by atoms with van der Waals surface area (Å²) in [5.74, 6) is -13.9. The van der Waals surface area contributed by atoms with Gasteiger partial charge in [0.25, 0.3) is 0 Å². The Kier molecular flexibility index (Phi) is 29.3. The molecule has 10 amide bonds. The molecule has 0 unspecified atom stereocenters. The van der Waals surface area contributed by atoms with Crippen LogP contribution in [0.1, 0.15) is 78.2 Å². The van der Waals surface area contributed by atoms with Gasteiger partial charge in [0.1, 0.15) is 48.3 Å². The molecule has 1 aromatic heterocycles. The lowest BCUT2D eigenvalue weighted by Crippen LogP contribution is -2.61. The van der Waals surface area contributed by atoms with Crippen molar-refractivity contribution in [3.05, 3.63) is 36.0 Å². The molecule has 0 saturated carbocycles.